The van der Waals surface area contributed by atoms with Crippen LogP contribution < -0.4 is 0 Å². The number of hydrogen-bond acceptors (Lipinski definition) is 2. The second kappa shape index (κ2) is 4.13. The largest absolute Gasteiger partial charge is 0.501 e. The maximum atomic E-state index is 11.7. The lowest BCUT2D eigenvalue weighted by Gasteiger charge is -2.04. The van der Waals surface area contributed by atoms with Crippen LogP contribution in [0, 0.1) is 0 Å². The van der Waals surface area contributed by atoms with Crippen molar-refractivity contribution < 1.29 is 22.7 Å². The van der Waals surface area contributed by atoms with Crippen molar-refractivity contribution in [2.24, 2.45) is 0 Å². The van der Waals surface area contributed by atoms with E-state index < -0.39 is 17.5 Å². The average Bonchev–Trinajstić information content (AvgIpc) is 1.97. The summed E-state index contributed by atoms with van der Waals surface area (Å²) in [6.07, 6.45) is -3.99. The number of Topliss-reactive ketones (excluding diaryl/α,β-unsaturated/α-hetero) is 1. The summed E-state index contributed by atoms with van der Waals surface area (Å²) in [5, 5.41) is 0. The number of rotatable bonds is 3. The number of halogens is 3. The van der Waals surface area contributed by atoms with Gasteiger partial charge in [-0.15, -0.1) is 0 Å². The first-order valence-electron chi connectivity index (χ1n) is 3.29. The zero-order chi connectivity index (χ0) is 9.78. The third kappa shape index (κ3) is 3.41. The first-order chi connectivity index (χ1) is 5.39. The highest BCUT2D eigenvalue weighted by atomic mass is 19.4. The first kappa shape index (κ1) is 11.0. The fraction of sp³-hybridized carbons (Fsp3) is 0.571. The third-order valence-corrected chi connectivity index (χ3v) is 1.04. The average molecular weight is 182 g/mol. The van der Waals surface area contributed by atoms with E-state index in [4.69, 9.17) is 0 Å². The molecule has 0 saturated heterocycles. The smallest absolute Gasteiger partial charge is 0.454 e. The van der Waals surface area contributed by atoms with Crippen LogP contribution in [0.15, 0.2) is 11.8 Å². The number of ether oxygens (including phenoxy) is 1. The Balaban J connectivity index is 4.30. The monoisotopic (exact) mass is 182 g/mol. The topological polar surface area (TPSA) is 26.3 Å². The van der Waals surface area contributed by atoms with Crippen molar-refractivity contribution in [1.29, 1.82) is 0 Å². The van der Waals surface area contributed by atoms with E-state index in [1.54, 1.807) is 6.92 Å². The van der Waals surface area contributed by atoms with E-state index in [2.05, 4.69) is 4.74 Å². The molecule has 5 heteroatoms. The van der Waals surface area contributed by atoms with Gasteiger partial charge < -0.3 is 4.74 Å². The molecule has 0 aliphatic rings. The molecule has 0 aromatic rings. The molecule has 0 unspecified atom stereocenters. The standard InChI is InChI=1S/C7H9F3O2/c1-3-12-4-5(2)6(11)7(8,9)10/h4H,3H2,1-2H3/b5-4+. The van der Waals surface area contributed by atoms with E-state index in [1.165, 1.54) is 0 Å². The van der Waals surface area contributed by atoms with Crippen LogP contribution in [0.3, 0.4) is 0 Å². The molecule has 0 rings (SSSR count). The summed E-state index contributed by atoms with van der Waals surface area (Å²) in [6.45, 7) is 2.91. The van der Waals surface area contributed by atoms with Gasteiger partial charge >= 0.3 is 6.18 Å². The fourth-order valence-corrected chi connectivity index (χ4v) is 0.485. The molecule has 0 radical (unpaired) electrons. The number of alkyl halides is 3. The van der Waals surface area contributed by atoms with Gasteiger partial charge in [-0.05, 0) is 13.8 Å². The van der Waals surface area contributed by atoms with Gasteiger partial charge in [0.25, 0.3) is 5.78 Å². The lowest BCUT2D eigenvalue weighted by molar-refractivity contribution is -0.166. The Morgan fingerprint density at radius 3 is 2.33 bits per heavy atom. The first-order valence-corrected chi connectivity index (χ1v) is 3.29. The molecule has 0 aliphatic heterocycles. The zero-order valence-electron chi connectivity index (χ0n) is 6.73. The molecule has 2 nitrogen and oxygen atoms in total. The Hall–Kier alpha value is -1.00. The van der Waals surface area contributed by atoms with Gasteiger partial charge in [0, 0.05) is 5.57 Å². The Morgan fingerprint density at radius 2 is 2.00 bits per heavy atom. The predicted octanol–water partition coefficient (Wildman–Crippen LogP) is 2.06. The van der Waals surface area contributed by atoms with Crippen LogP contribution in [0.4, 0.5) is 13.2 Å². The van der Waals surface area contributed by atoms with Gasteiger partial charge in [-0.1, -0.05) is 0 Å². The van der Waals surface area contributed by atoms with E-state index in [9.17, 15) is 18.0 Å². The summed E-state index contributed by atoms with van der Waals surface area (Å²) in [5.74, 6) is -1.86. The minimum absolute atomic E-state index is 0.239. The van der Waals surface area contributed by atoms with Crippen LogP contribution in [-0.2, 0) is 9.53 Å². The lowest BCUT2D eigenvalue weighted by Crippen LogP contribution is -2.23. The van der Waals surface area contributed by atoms with Crippen molar-refractivity contribution in [2.75, 3.05) is 6.61 Å². The summed E-state index contributed by atoms with van der Waals surface area (Å²) in [7, 11) is 0. The Morgan fingerprint density at radius 1 is 1.50 bits per heavy atom. The number of allylic oxidation sites excluding steroid dienone is 1. The van der Waals surface area contributed by atoms with E-state index in [1.807, 2.05) is 0 Å². The van der Waals surface area contributed by atoms with Crippen molar-refractivity contribution in [1.82, 2.24) is 0 Å². The molecule has 0 spiro atoms. The molecule has 0 N–H and O–H groups in total. The highest BCUT2D eigenvalue weighted by Gasteiger charge is 2.39. The molecule has 0 fully saturated rings. The second-order valence-corrected chi connectivity index (χ2v) is 2.08. The molecular weight excluding hydrogens is 173 g/mol. The molecule has 0 saturated carbocycles. The molecule has 0 aromatic heterocycles. The van der Waals surface area contributed by atoms with Gasteiger partial charge in [0.05, 0.1) is 12.9 Å². The van der Waals surface area contributed by atoms with Gasteiger partial charge in [0.1, 0.15) is 0 Å². The Labute approximate surface area is 68.0 Å². The van der Waals surface area contributed by atoms with Gasteiger partial charge in [0.15, 0.2) is 0 Å². The van der Waals surface area contributed by atoms with Crippen LogP contribution in [0.25, 0.3) is 0 Å². The van der Waals surface area contributed by atoms with Gasteiger partial charge in [0.2, 0.25) is 0 Å². The zero-order valence-corrected chi connectivity index (χ0v) is 6.73. The van der Waals surface area contributed by atoms with Crippen molar-refractivity contribution in [3.05, 3.63) is 11.8 Å². The quantitative estimate of drug-likeness (QED) is 0.493. The normalized spacial score (nSPS) is 12.9. The van der Waals surface area contributed by atoms with Gasteiger partial charge in [-0.3, -0.25) is 4.79 Å². The SMILES string of the molecule is CCO/C=C(\C)C(=O)C(F)(F)F. The van der Waals surface area contributed by atoms with Crippen LogP contribution in [0.2, 0.25) is 0 Å². The molecule has 0 aromatic carbocycles. The van der Waals surface area contributed by atoms with Crippen LogP contribution in [-0.4, -0.2) is 18.6 Å². The lowest BCUT2D eigenvalue weighted by atomic mass is 10.2. The molecule has 0 bridgehead atoms. The van der Waals surface area contributed by atoms with Gasteiger partial charge in [-0.2, -0.15) is 13.2 Å². The van der Waals surface area contributed by atoms with Gasteiger partial charge in [-0.25, -0.2) is 0 Å². The number of carbonyl (C=O) groups excluding carboxylic acids is 1. The second-order valence-electron chi connectivity index (χ2n) is 2.08. The van der Waals surface area contributed by atoms with E-state index in [0.717, 1.165) is 13.2 Å². The Kier molecular flexibility index (Phi) is 3.79. The van der Waals surface area contributed by atoms with E-state index in [-0.39, 0.29) is 6.61 Å². The number of hydrogen-bond donors (Lipinski definition) is 0. The van der Waals surface area contributed by atoms with Crippen molar-refractivity contribution in [3.63, 3.8) is 0 Å². The molecule has 12 heavy (non-hydrogen) atoms. The predicted molar refractivity (Wildman–Crippen MR) is 36.4 cm³/mol. The summed E-state index contributed by atoms with van der Waals surface area (Å²) >= 11 is 0. The fourth-order valence-electron chi connectivity index (χ4n) is 0.485. The molecule has 0 aliphatic carbocycles. The van der Waals surface area contributed by atoms with Crippen LogP contribution in [0.1, 0.15) is 13.8 Å². The highest BCUT2D eigenvalue weighted by molar-refractivity contribution is 5.98. The summed E-state index contributed by atoms with van der Waals surface area (Å²) in [5.41, 5.74) is -0.440. The number of carbonyl (C=O) groups is 1. The van der Waals surface area contributed by atoms with E-state index >= 15 is 0 Å². The maximum absolute atomic E-state index is 11.7. The minimum atomic E-state index is -4.81. The Bertz CT molecular complexity index is 193. The third-order valence-electron chi connectivity index (χ3n) is 1.04. The molecule has 0 atom stereocenters. The van der Waals surface area contributed by atoms with Crippen molar-refractivity contribution in [3.8, 4) is 0 Å². The van der Waals surface area contributed by atoms with Crippen LogP contribution >= 0.6 is 0 Å². The summed E-state index contributed by atoms with van der Waals surface area (Å²) < 4.78 is 39.6. The summed E-state index contributed by atoms with van der Waals surface area (Å²) in [4.78, 5) is 10.4. The van der Waals surface area contributed by atoms with Crippen molar-refractivity contribution in [2.45, 2.75) is 20.0 Å². The molecule has 0 heterocycles. The molecular formula is C7H9F3O2. The number of ketones is 1. The van der Waals surface area contributed by atoms with Crippen LogP contribution in [0.5, 0.6) is 0 Å². The summed E-state index contributed by atoms with van der Waals surface area (Å²) in [6, 6.07) is 0. The van der Waals surface area contributed by atoms with Crippen molar-refractivity contribution >= 4 is 5.78 Å². The maximum Gasteiger partial charge on any atom is 0.454 e. The van der Waals surface area contributed by atoms with E-state index in [0.29, 0.717) is 0 Å². The molecule has 0 amide bonds. The minimum Gasteiger partial charge on any atom is -0.501 e. The highest BCUT2D eigenvalue weighted by Crippen LogP contribution is 2.20. The molecule has 70 valence electrons.